The van der Waals surface area contributed by atoms with Crippen LogP contribution in [0.3, 0.4) is 0 Å². The number of hydrogen-bond acceptors (Lipinski definition) is 2. The normalized spacial score (nSPS) is 11.7. The lowest BCUT2D eigenvalue weighted by molar-refractivity contribution is 0.700. The standard InChI is InChI=1S/C16H23N5/c1-4-17-16(20-13(2)3)18-12-14-7-5-8-15(11-14)21-10-6-9-19-21/h5-11,13H,4,12H2,1-3H3,(H2,17,18,20). The maximum absolute atomic E-state index is 4.61. The van der Waals surface area contributed by atoms with E-state index in [0.29, 0.717) is 12.6 Å². The zero-order valence-corrected chi connectivity index (χ0v) is 12.9. The summed E-state index contributed by atoms with van der Waals surface area (Å²) in [6.07, 6.45) is 3.72. The Kier molecular flexibility index (Phi) is 5.37. The van der Waals surface area contributed by atoms with Gasteiger partial charge in [-0.15, -0.1) is 0 Å². The van der Waals surface area contributed by atoms with Gasteiger partial charge in [-0.3, -0.25) is 0 Å². The molecule has 2 aromatic rings. The molecule has 0 saturated heterocycles. The first-order valence-electron chi connectivity index (χ1n) is 7.33. The maximum Gasteiger partial charge on any atom is 0.191 e. The predicted octanol–water partition coefficient (Wildman–Crippen LogP) is 2.34. The van der Waals surface area contributed by atoms with Gasteiger partial charge in [-0.2, -0.15) is 5.10 Å². The van der Waals surface area contributed by atoms with Crippen LogP contribution in [0.25, 0.3) is 5.69 Å². The second-order valence-electron chi connectivity index (χ2n) is 5.11. The molecule has 2 N–H and O–H groups in total. The number of aliphatic imine (C=N–C) groups is 1. The Morgan fingerprint density at radius 3 is 2.86 bits per heavy atom. The zero-order chi connectivity index (χ0) is 15.1. The van der Waals surface area contributed by atoms with Crippen molar-refractivity contribution < 1.29 is 0 Å². The van der Waals surface area contributed by atoms with E-state index < -0.39 is 0 Å². The highest BCUT2D eigenvalue weighted by Crippen LogP contribution is 2.10. The molecule has 0 amide bonds. The van der Waals surface area contributed by atoms with E-state index in [0.717, 1.165) is 23.8 Å². The molecule has 0 bridgehead atoms. The predicted molar refractivity (Wildman–Crippen MR) is 86.7 cm³/mol. The van der Waals surface area contributed by atoms with Gasteiger partial charge >= 0.3 is 0 Å². The van der Waals surface area contributed by atoms with Crippen molar-refractivity contribution in [3.8, 4) is 5.69 Å². The lowest BCUT2D eigenvalue weighted by Crippen LogP contribution is -2.40. The molecule has 0 aliphatic rings. The van der Waals surface area contributed by atoms with Crippen molar-refractivity contribution in [2.24, 2.45) is 4.99 Å². The van der Waals surface area contributed by atoms with E-state index in [2.05, 4.69) is 53.6 Å². The summed E-state index contributed by atoms with van der Waals surface area (Å²) in [5.41, 5.74) is 2.21. The van der Waals surface area contributed by atoms with E-state index in [1.807, 2.05) is 29.1 Å². The van der Waals surface area contributed by atoms with E-state index in [-0.39, 0.29) is 0 Å². The first-order chi connectivity index (χ1) is 10.2. The lowest BCUT2D eigenvalue weighted by atomic mass is 10.2. The summed E-state index contributed by atoms with van der Waals surface area (Å²) in [7, 11) is 0. The molecule has 0 radical (unpaired) electrons. The first kappa shape index (κ1) is 15.1. The van der Waals surface area contributed by atoms with Crippen LogP contribution in [0.5, 0.6) is 0 Å². The van der Waals surface area contributed by atoms with Crippen LogP contribution in [0.1, 0.15) is 26.3 Å². The highest BCUT2D eigenvalue weighted by molar-refractivity contribution is 5.79. The van der Waals surface area contributed by atoms with Gasteiger partial charge in [-0.05, 0) is 44.5 Å². The van der Waals surface area contributed by atoms with E-state index in [1.165, 1.54) is 0 Å². The van der Waals surface area contributed by atoms with Crippen LogP contribution in [-0.4, -0.2) is 28.3 Å². The number of rotatable bonds is 5. The fourth-order valence-electron chi connectivity index (χ4n) is 1.98. The second-order valence-corrected chi connectivity index (χ2v) is 5.11. The average Bonchev–Trinajstić information content (AvgIpc) is 2.99. The molecule has 5 heteroatoms. The summed E-state index contributed by atoms with van der Waals surface area (Å²) in [5.74, 6) is 0.844. The molecule has 0 unspecified atom stereocenters. The van der Waals surface area contributed by atoms with Crippen molar-refractivity contribution in [3.05, 3.63) is 48.3 Å². The van der Waals surface area contributed by atoms with Gasteiger partial charge in [0, 0.05) is 25.0 Å². The number of guanidine groups is 1. The lowest BCUT2D eigenvalue weighted by Gasteiger charge is -2.14. The Morgan fingerprint density at radius 2 is 2.19 bits per heavy atom. The molecule has 1 aromatic carbocycles. The van der Waals surface area contributed by atoms with E-state index in [4.69, 9.17) is 0 Å². The molecule has 0 atom stereocenters. The minimum atomic E-state index is 0.359. The third-order valence-electron chi connectivity index (χ3n) is 2.87. The van der Waals surface area contributed by atoms with Crippen LogP contribution >= 0.6 is 0 Å². The molecule has 21 heavy (non-hydrogen) atoms. The number of benzene rings is 1. The molecule has 0 spiro atoms. The third-order valence-corrected chi connectivity index (χ3v) is 2.87. The Hall–Kier alpha value is -2.30. The largest absolute Gasteiger partial charge is 0.357 e. The molecule has 1 heterocycles. The second kappa shape index (κ2) is 7.47. The molecule has 5 nitrogen and oxygen atoms in total. The Labute approximate surface area is 126 Å². The van der Waals surface area contributed by atoms with Crippen LogP contribution in [0.4, 0.5) is 0 Å². The molecule has 2 rings (SSSR count). The van der Waals surface area contributed by atoms with Crippen LogP contribution in [0.15, 0.2) is 47.7 Å². The van der Waals surface area contributed by atoms with Gasteiger partial charge in [-0.25, -0.2) is 9.67 Å². The maximum atomic E-state index is 4.61. The summed E-state index contributed by atoms with van der Waals surface area (Å²) >= 11 is 0. The number of nitrogens with zero attached hydrogens (tertiary/aromatic N) is 3. The van der Waals surface area contributed by atoms with Crippen molar-refractivity contribution in [2.45, 2.75) is 33.4 Å². The van der Waals surface area contributed by atoms with Gasteiger partial charge in [0.2, 0.25) is 0 Å². The summed E-state index contributed by atoms with van der Waals surface area (Å²) in [4.78, 5) is 4.61. The molecular weight excluding hydrogens is 262 g/mol. The summed E-state index contributed by atoms with van der Waals surface area (Å²) < 4.78 is 1.85. The fourth-order valence-corrected chi connectivity index (χ4v) is 1.98. The van der Waals surface area contributed by atoms with Crippen molar-refractivity contribution in [3.63, 3.8) is 0 Å². The van der Waals surface area contributed by atoms with E-state index in [1.54, 1.807) is 6.20 Å². The minimum absolute atomic E-state index is 0.359. The van der Waals surface area contributed by atoms with Gasteiger partial charge < -0.3 is 10.6 Å². The van der Waals surface area contributed by atoms with Crippen LogP contribution in [-0.2, 0) is 6.54 Å². The summed E-state index contributed by atoms with van der Waals surface area (Å²) in [6.45, 7) is 7.76. The Bertz CT molecular complexity index is 572. The third kappa shape index (κ3) is 4.63. The quantitative estimate of drug-likeness (QED) is 0.655. The first-order valence-corrected chi connectivity index (χ1v) is 7.33. The molecule has 112 valence electrons. The molecule has 0 aliphatic carbocycles. The van der Waals surface area contributed by atoms with Crippen molar-refractivity contribution in [2.75, 3.05) is 6.54 Å². The SMILES string of the molecule is CCNC(=NCc1cccc(-n2cccn2)c1)NC(C)C. The van der Waals surface area contributed by atoms with Crippen LogP contribution in [0.2, 0.25) is 0 Å². The van der Waals surface area contributed by atoms with Crippen molar-refractivity contribution >= 4 is 5.96 Å². The topological polar surface area (TPSA) is 54.2 Å². The van der Waals surface area contributed by atoms with E-state index >= 15 is 0 Å². The highest BCUT2D eigenvalue weighted by atomic mass is 15.3. The Morgan fingerprint density at radius 1 is 1.33 bits per heavy atom. The van der Waals surface area contributed by atoms with Gasteiger partial charge in [0.05, 0.1) is 12.2 Å². The summed E-state index contributed by atoms with van der Waals surface area (Å²) in [5, 5.41) is 10.8. The van der Waals surface area contributed by atoms with Gasteiger partial charge in [-0.1, -0.05) is 12.1 Å². The molecular formula is C16H23N5. The number of hydrogen-bond donors (Lipinski definition) is 2. The molecule has 1 aromatic heterocycles. The number of aromatic nitrogens is 2. The smallest absolute Gasteiger partial charge is 0.191 e. The average molecular weight is 285 g/mol. The van der Waals surface area contributed by atoms with E-state index in [9.17, 15) is 0 Å². The molecule has 0 saturated carbocycles. The minimum Gasteiger partial charge on any atom is -0.357 e. The molecule has 0 aliphatic heterocycles. The monoisotopic (exact) mass is 285 g/mol. The van der Waals surface area contributed by atoms with Crippen molar-refractivity contribution in [1.29, 1.82) is 0 Å². The highest BCUT2D eigenvalue weighted by Gasteiger charge is 2.01. The number of nitrogens with one attached hydrogen (secondary N) is 2. The fraction of sp³-hybridized carbons (Fsp3) is 0.375. The van der Waals surface area contributed by atoms with Gasteiger partial charge in [0.15, 0.2) is 5.96 Å². The van der Waals surface area contributed by atoms with Crippen LogP contribution < -0.4 is 10.6 Å². The summed E-state index contributed by atoms with van der Waals surface area (Å²) in [6, 6.07) is 10.5. The van der Waals surface area contributed by atoms with Crippen molar-refractivity contribution in [1.82, 2.24) is 20.4 Å². The Balaban J connectivity index is 2.09. The van der Waals surface area contributed by atoms with Crippen LogP contribution in [0, 0.1) is 0 Å². The molecule has 0 fully saturated rings. The zero-order valence-electron chi connectivity index (χ0n) is 12.9. The van der Waals surface area contributed by atoms with Gasteiger partial charge in [0.25, 0.3) is 0 Å². The van der Waals surface area contributed by atoms with Gasteiger partial charge in [0.1, 0.15) is 0 Å².